The Labute approximate surface area is 67.4 Å². The van der Waals surface area contributed by atoms with E-state index in [1.54, 1.807) is 0 Å². The average molecular weight is 153 g/mol. The maximum Gasteiger partial charge on any atom is 0.121 e. The SMILES string of the molecule is O=CC[C@@H]1CC2(CCC2)CN1. The molecule has 1 saturated carbocycles. The summed E-state index contributed by atoms with van der Waals surface area (Å²) in [5.41, 5.74) is 0.619. The lowest BCUT2D eigenvalue weighted by atomic mass is 9.67. The van der Waals surface area contributed by atoms with Gasteiger partial charge in [0.15, 0.2) is 0 Å². The molecule has 62 valence electrons. The van der Waals surface area contributed by atoms with Gasteiger partial charge in [0.1, 0.15) is 6.29 Å². The first-order chi connectivity index (χ1) is 5.35. The molecule has 1 aliphatic heterocycles. The van der Waals surface area contributed by atoms with Gasteiger partial charge in [0.25, 0.3) is 0 Å². The van der Waals surface area contributed by atoms with Gasteiger partial charge >= 0.3 is 0 Å². The van der Waals surface area contributed by atoms with E-state index in [-0.39, 0.29) is 0 Å². The minimum absolute atomic E-state index is 0.493. The van der Waals surface area contributed by atoms with E-state index >= 15 is 0 Å². The number of carbonyl (C=O) groups is 1. The zero-order chi connectivity index (χ0) is 7.73. The van der Waals surface area contributed by atoms with E-state index in [0.717, 1.165) is 12.8 Å². The Balaban J connectivity index is 1.87. The van der Waals surface area contributed by atoms with Crippen molar-refractivity contribution >= 4 is 6.29 Å². The van der Waals surface area contributed by atoms with Crippen molar-refractivity contribution in [2.75, 3.05) is 6.54 Å². The van der Waals surface area contributed by atoms with Crippen LogP contribution in [0.1, 0.15) is 32.1 Å². The number of hydrogen-bond donors (Lipinski definition) is 1. The lowest BCUT2D eigenvalue weighted by molar-refractivity contribution is -0.108. The van der Waals surface area contributed by atoms with Crippen LogP contribution in [0.2, 0.25) is 0 Å². The van der Waals surface area contributed by atoms with Crippen molar-refractivity contribution in [1.29, 1.82) is 0 Å². The second-order valence-corrected chi connectivity index (χ2v) is 4.04. The number of hydrogen-bond acceptors (Lipinski definition) is 2. The van der Waals surface area contributed by atoms with E-state index in [4.69, 9.17) is 0 Å². The van der Waals surface area contributed by atoms with Crippen LogP contribution in [0, 0.1) is 5.41 Å². The van der Waals surface area contributed by atoms with Crippen LogP contribution in [0.5, 0.6) is 0 Å². The van der Waals surface area contributed by atoms with Crippen LogP contribution in [0.25, 0.3) is 0 Å². The molecule has 1 spiro atoms. The predicted octanol–water partition coefficient (Wildman–Crippen LogP) is 1.11. The van der Waals surface area contributed by atoms with E-state index in [9.17, 15) is 4.79 Å². The van der Waals surface area contributed by atoms with Gasteiger partial charge in [-0.15, -0.1) is 0 Å². The molecule has 0 aromatic carbocycles. The molecule has 0 unspecified atom stereocenters. The minimum Gasteiger partial charge on any atom is -0.313 e. The maximum absolute atomic E-state index is 10.2. The standard InChI is InChI=1S/C9H15NO/c11-5-2-8-6-9(7-10-8)3-1-4-9/h5,8,10H,1-4,6-7H2/t8-/m1/s1. The van der Waals surface area contributed by atoms with Gasteiger partial charge in [0.2, 0.25) is 0 Å². The van der Waals surface area contributed by atoms with Gasteiger partial charge in [-0.3, -0.25) is 0 Å². The summed E-state index contributed by atoms with van der Waals surface area (Å²) in [6, 6.07) is 0.493. The van der Waals surface area contributed by atoms with Crippen molar-refractivity contribution in [3.63, 3.8) is 0 Å². The molecule has 2 fully saturated rings. The van der Waals surface area contributed by atoms with Crippen LogP contribution in [-0.2, 0) is 4.79 Å². The Bertz CT molecular complexity index is 163. The fraction of sp³-hybridized carbons (Fsp3) is 0.889. The van der Waals surface area contributed by atoms with Crippen molar-refractivity contribution in [3.8, 4) is 0 Å². The molecule has 11 heavy (non-hydrogen) atoms. The lowest BCUT2D eigenvalue weighted by Crippen LogP contribution is -2.31. The molecule has 2 nitrogen and oxygen atoms in total. The smallest absolute Gasteiger partial charge is 0.121 e. The molecule has 0 bridgehead atoms. The first-order valence-corrected chi connectivity index (χ1v) is 4.52. The number of nitrogens with one attached hydrogen (secondary N) is 1. The van der Waals surface area contributed by atoms with Gasteiger partial charge < -0.3 is 10.1 Å². The van der Waals surface area contributed by atoms with Crippen LogP contribution >= 0.6 is 0 Å². The summed E-state index contributed by atoms with van der Waals surface area (Å²) in [5.74, 6) is 0. The fourth-order valence-corrected chi connectivity index (χ4v) is 2.37. The van der Waals surface area contributed by atoms with E-state index in [2.05, 4.69) is 5.32 Å². The Morgan fingerprint density at radius 1 is 1.55 bits per heavy atom. The number of carbonyl (C=O) groups excluding carboxylic acids is 1. The van der Waals surface area contributed by atoms with Gasteiger partial charge in [0.05, 0.1) is 0 Å². The molecule has 0 amide bonds. The van der Waals surface area contributed by atoms with Crippen LogP contribution < -0.4 is 5.32 Å². The summed E-state index contributed by atoms with van der Waals surface area (Å²) in [6.07, 6.45) is 7.16. The molecule has 1 saturated heterocycles. The van der Waals surface area contributed by atoms with E-state index in [1.807, 2.05) is 0 Å². The summed E-state index contributed by atoms with van der Waals surface area (Å²) in [7, 11) is 0. The quantitative estimate of drug-likeness (QED) is 0.602. The molecule has 2 heteroatoms. The van der Waals surface area contributed by atoms with Gasteiger partial charge in [-0.25, -0.2) is 0 Å². The highest BCUT2D eigenvalue weighted by atomic mass is 16.1. The topological polar surface area (TPSA) is 29.1 Å². The maximum atomic E-state index is 10.2. The number of rotatable bonds is 2. The molecule has 2 rings (SSSR count). The highest BCUT2D eigenvalue weighted by Gasteiger charge is 2.42. The van der Waals surface area contributed by atoms with Crippen molar-refractivity contribution in [2.24, 2.45) is 5.41 Å². The average Bonchev–Trinajstić information content (AvgIpc) is 2.32. The summed E-state index contributed by atoms with van der Waals surface area (Å²) in [6.45, 7) is 1.16. The van der Waals surface area contributed by atoms with Crippen molar-refractivity contribution in [3.05, 3.63) is 0 Å². The molecule has 1 N–H and O–H groups in total. The van der Waals surface area contributed by atoms with Gasteiger partial charge in [-0.05, 0) is 24.7 Å². The van der Waals surface area contributed by atoms with Gasteiger partial charge in [-0.1, -0.05) is 6.42 Å². The zero-order valence-electron chi connectivity index (χ0n) is 6.81. The minimum atomic E-state index is 0.493. The molecular formula is C9H15NO. The third-order valence-electron chi connectivity index (χ3n) is 3.24. The normalized spacial score (nSPS) is 33.6. The lowest BCUT2D eigenvalue weighted by Gasteiger charge is -2.37. The molecule has 0 aromatic heterocycles. The molecule has 0 aromatic rings. The van der Waals surface area contributed by atoms with Crippen molar-refractivity contribution in [2.45, 2.75) is 38.1 Å². The van der Waals surface area contributed by atoms with Crippen LogP contribution in [0.3, 0.4) is 0 Å². The first kappa shape index (κ1) is 7.29. The fourth-order valence-electron chi connectivity index (χ4n) is 2.37. The third kappa shape index (κ3) is 1.20. The largest absolute Gasteiger partial charge is 0.313 e. The molecule has 1 atom stereocenters. The van der Waals surface area contributed by atoms with Crippen molar-refractivity contribution < 1.29 is 4.79 Å². The summed E-state index contributed by atoms with van der Waals surface area (Å²) in [5, 5.41) is 3.42. The Morgan fingerprint density at radius 2 is 2.36 bits per heavy atom. The van der Waals surface area contributed by atoms with E-state index < -0.39 is 0 Å². The molecule has 1 heterocycles. The summed E-state index contributed by atoms with van der Waals surface area (Å²) in [4.78, 5) is 10.2. The van der Waals surface area contributed by atoms with Crippen LogP contribution in [-0.4, -0.2) is 18.9 Å². The molecule has 2 aliphatic rings. The second kappa shape index (κ2) is 2.59. The highest BCUT2D eigenvalue weighted by Crippen LogP contribution is 2.47. The monoisotopic (exact) mass is 153 g/mol. The Hall–Kier alpha value is -0.370. The van der Waals surface area contributed by atoms with Crippen LogP contribution in [0.4, 0.5) is 0 Å². The van der Waals surface area contributed by atoms with E-state index in [0.29, 0.717) is 17.9 Å². The summed E-state index contributed by atoms with van der Waals surface area (Å²) < 4.78 is 0. The highest BCUT2D eigenvalue weighted by molar-refractivity contribution is 5.50. The Morgan fingerprint density at radius 3 is 2.82 bits per heavy atom. The third-order valence-corrected chi connectivity index (χ3v) is 3.24. The molecular weight excluding hydrogens is 138 g/mol. The second-order valence-electron chi connectivity index (χ2n) is 4.04. The molecule has 0 radical (unpaired) electrons. The molecule has 1 aliphatic carbocycles. The predicted molar refractivity (Wildman–Crippen MR) is 43.4 cm³/mol. The van der Waals surface area contributed by atoms with E-state index in [1.165, 1.54) is 25.7 Å². The van der Waals surface area contributed by atoms with Gasteiger partial charge in [0, 0.05) is 19.0 Å². The first-order valence-electron chi connectivity index (χ1n) is 4.52. The Kier molecular flexibility index (Phi) is 1.72. The van der Waals surface area contributed by atoms with Crippen LogP contribution in [0.15, 0.2) is 0 Å². The zero-order valence-corrected chi connectivity index (χ0v) is 6.81. The summed E-state index contributed by atoms with van der Waals surface area (Å²) >= 11 is 0. The van der Waals surface area contributed by atoms with Crippen molar-refractivity contribution in [1.82, 2.24) is 5.32 Å². The number of aldehydes is 1. The van der Waals surface area contributed by atoms with Gasteiger partial charge in [-0.2, -0.15) is 0 Å².